The van der Waals surface area contributed by atoms with Gasteiger partial charge < -0.3 is 5.32 Å². The maximum Gasteiger partial charge on any atom is 0.262 e. The van der Waals surface area contributed by atoms with Crippen molar-refractivity contribution in [3.8, 4) is 0 Å². The van der Waals surface area contributed by atoms with E-state index in [0.29, 0.717) is 22.8 Å². The number of rotatable bonds is 6. The van der Waals surface area contributed by atoms with Gasteiger partial charge in [-0.2, -0.15) is 5.10 Å². The Hall–Kier alpha value is -1.57. The topological polar surface area (TPSA) is 86.9 Å². The van der Waals surface area contributed by atoms with Gasteiger partial charge in [0.2, 0.25) is 0 Å². The van der Waals surface area contributed by atoms with E-state index in [4.69, 9.17) is 11.6 Å². The fraction of sp³-hybridized carbons (Fsp3) is 0.308. The van der Waals surface area contributed by atoms with E-state index in [1.54, 1.807) is 13.0 Å². The first-order chi connectivity index (χ1) is 9.94. The minimum Gasteiger partial charge on any atom is -0.313 e. The molecular formula is C13H17ClN4O2S. The SMILES string of the molecule is CCNCc1cc(Cl)cc(S(=O)(=O)Nc2cn[nH]c2)c1C. The van der Waals surface area contributed by atoms with E-state index >= 15 is 0 Å². The van der Waals surface area contributed by atoms with Crippen molar-refractivity contribution < 1.29 is 8.42 Å². The van der Waals surface area contributed by atoms with Crippen LogP contribution >= 0.6 is 11.6 Å². The molecule has 0 radical (unpaired) electrons. The van der Waals surface area contributed by atoms with E-state index in [1.165, 1.54) is 18.5 Å². The maximum absolute atomic E-state index is 12.5. The molecule has 0 atom stereocenters. The second-order valence-electron chi connectivity index (χ2n) is 4.56. The number of aromatic amines is 1. The minimum atomic E-state index is -3.71. The summed E-state index contributed by atoms with van der Waals surface area (Å²) < 4.78 is 27.4. The third kappa shape index (κ3) is 3.75. The Kier molecular flexibility index (Phi) is 4.87. The van der Waals surface area contributed by atoms with Gasteiger partial charge in [0.05, 0.1) is 16.8 Å². The molecule has 0 aliphatic carbocycles. The molecule has 6 nitrogen and oxygen atoms in total. The normalized spacial score (nSPS) is 11.6. The summed E-state index contributed by atoms with van der Waals surface area (Å²) in [6, 6.07) is 3.23. The van der Waals surface area contributed by atoms with Gasteiger partial charge in [0.25, 0.3) is 10.0 Å². The van der Waals surface area contributed by atoms with Crippen molar-refractivity contribution in [2.24, 2.45) is 0 Å². The number of nitrogens with zero attached hydrogens (tertiary/aromatic N) is 1. The summed E-state index contributed by atoms with van der Waals surface area (Å²) in [6.07, 6.45) is 2.87. The molecule has 1 aromatic carbocycles. The zero-order valence-electron chi connectivity index (χ0n) is 11.8. The molecule has 0 aliphatic rings. The number of aromatic nitrogens is 2. The van der Waals surface area contributed by atoms with Crippen LogP contribution in [0, 0.1) is 6.92 Å². The van der Waals surface area contributed by atoms with Crippen LogP contribution in [0.4, 0.5) is 5.69 Å². The van der Waals surface area contributed by atoms with Crippen LogP contribution in [-0.2, 0) is 16.6 Å². The second kappa shape index (κ2) is 6.46. The van der Waals surface area contributed by atoms with Crippen LogP contribution in [-0.4, -0.2) is 25.2 Å². The van der Waals surface area contributed by atoms with Gasteiger partial charge in [-0.15, -0.1) is 0 Å². The Morgan fingerprint density at radius 3 is 2.76 bits per heavy atom. The number of benzene rings is 1. The molecule has 0 bridgehead atoms. The average molecular weight is 329 g/mol. The third-order valence-electron chi connectivity index (χ3n) is 3.04. The van der Waals surface area contributed by atoms with Gasteiger partial charge in [-0.1, -0.05) is 18.5 Å². The number of hydrogen-bond acceptors (Lipinski definition) is 4. The van der Waals surface area contributed by atoms with Crippen LogP contribution < -0.4 is 10.0 Å². The monoisotopic (exact) mass is 328 g/mol. The largest absolute Gasteiger partial charge is 0.313 e. The van der Waals surface area contributed by atoms with E-state index < -0.39 is 10.0 Å². The molecule has 0 saturated heterocycles. The highest BCUT2D eigenvalue weighted by atomic mass is 35.5. The average Bonchev–Trinajstić information content (AvgIpc) is 2.91. The summed E-state index contributed by atoms with van der Waals surface area (Å²) in [5, 5.41) is 9.82. The van der Waals surface area contributed by atoms with Gasteiger partial charge in [-0.3, -0.25) is 9.82 Å². The molecular weight excluding hydrogens is 312 g/mol. The number of H-pyrrole nitrogens is 1. The van der Waals surface area contributed by atoms with Gasteiger partial charge in [-0.05, 0) is 36.7 Å². The zero-order chi connectivity index (χ0) is 15.5. The van der Waals surface area contributed by atoms with Gasteiger partial charge in [-0.25, -0.2) is 8.42 Å². The van der Waals surface area contributed by atoms with E-state index in [0.717, 1.165) is 12.1 Å². The molecule has 0 fully saturated rings. The van der Waals surface area contributed by atoms with Crippen LogP contribution in [0.1, 0.15) is 18.1 Å². The second-order valence-corrected chi connectivity index (χ2v) is 6.65. The van der Waals surface area contributed by atoms with Gasteiger partial charge in [0, 0.05) is 17.8 Å². The number of anilines is 1. The summed E-state index contributed by atoms with van der Waals surface area (Å²) in [6.45, 7) is 5.11. The molecule has 114 valence electrons. The lowest BCUT2D eigenvalue weighted by molar-refractivity contribution is 0.600. The predicted molar refractivity (Wildman–Crippen MR) is 83.0 cm³/mol. The molecule has 0 spiro atoms. The van der Waals surface area contributed by atoms with Crippen LogP contribution in [0.25, 0.3) is 0 Å². The van der Waals surface area contributed by atoms with Crippen molar-refractivity contribution in [2.45, 2.75) is 25.3 Å². The van der Waals surface area contributed by atoms with E-state index in [-0.39, 0.29) is 4.90 Å². The van der Waals surface area contributed by atoms with Crippen molar-refractivity contribution in [2.75, 3.05) is 11.3 Å². The molecule has 2 rings (SSSR count). The van der Waals surface area contributed by atoms with Crippen LogP contribution in [0.3, 0.4) is 0 Å². The maximum atomic E-state index is 12.5. The van der Waals surface area contributed by atoms with Crippen molar-refractivity contribution in [1.29, 1.82) is 0 Å². The molecule has 8 heteroatoms. The highest BCUT2D eigenvalue weighted by molar-refractivity contribution is 7.92. The molecule has 21 heavy (non-hydrogen) atoms. The summed E-state index contributed by atoms with van der Waals surface area (Å²) >= 11 is 6.05. The molecule has 0 unspecified atom stereocenters. The number of hydrogen-bond donors (Lipinski definition) is 3. The highest BCUT2D eigenvalue weighted by Gasteiger charge is 2.20. The molecule has 2 aromatic rings. The lowest BCUT2D eigenvalue weighted by atomic mass is 10.1. The van der Waals surface area contributed by atoms with E-state index in [1.807, 2.05) is 6.92 Å². The molecule has 3 N–H and O–H groups in total. The van der Waals surface area contributed by atoms with Crippen molar-refractivity contribution >= 4 is 27.3 Å². The number of nitrogens with one attached hydrogen (secondary N) is 3. The first-order valence-corrected chi connectivity index (χ1v) is 8.31. The Bertz CT molecular complexity index is 714. The minimum absolute atomic E-state index is 0.170. The molecule has 1 aromatic heterocycles. The van der Waals surface area contributed by atoms with E-state index in [2.05, 4.69) is 20.2 Å². The first kappa shape index (κ1) is 15.8. The summed E-state index contributed by atoms with van der Waals surface area (Å²) in [5.74, 6) is 0. The van der Waals surface area contributed by atoms with Crippen LogP contribution in [0.15, 0.2) is 29.4 Å². The standard InChI is InChI=1S/C13H17ClN4O2S/c1-3-15-6-10-4-11(14)5-13(9(10)2)21(19,20)18-12-7-16-17-8-12/h4-5,7-8,15,18H,3,6H2,1-2H3,(H,16,17). The van der Waals surface area contributed by atoms with Gasteiger partial charge in [0.15, 0.2) is 0 Å². The van der Waals surface area contributed by atoms with Gasteiger partial charge >= 0.3 is 0 Å². The fourth-order valence-corrected chi connectivity index (χ4v) is 3.60. The Morgan fingerprint density at radius 1 is 1.38 bits per heavy atom. The third-order valence-corrected chi connectivity index (χ3v) is 4.76. The zero-order valence-corrected chi connectivity index (χ0v) is 13.3. The Morgan fingerprint density at radius 2 is 2.14 bits per heavy atom. The highest BCUT2D eigenvalue weighted by Crippen LogP contribution is 2.26. The Labute approximate surface area is 129 Å². The molecule has 0 saturated carbocycles. The smallest absolute Gasteiger partial charge is 0.262 e. The lowest BCUT2D eigenvalue weighted by Gasteiger charge is -2.14. The summed E-state index contributed by atoms with van der Waals surface area (Å²) in [7, 11) is -3.71. The van der Waals surface area contributed by atoms with E-state index in [9.17, 15) is 8.42 Å². The number of sulfonamides is 1. The molecule has 1 heterocycles. The van der Waals surface area contributed by atoms with Crippen molar-refractivity contribution in [3.63, 3.8) is 0 Å². The molecule has 0 aliphatic heterocycles. The summed E-state index contributed by atoms with van der Waals surface area (Å²) in [4.78, 5) is 0.170. The quantitative estimate of drug-likeness (QED) is 0.759. The van der Waals surface area contributed by atoms with Crippen LogP contribution in [0.2, 0.25) is 5.02 Å². The first-order valence-electron chi connectivity index (χ1n) is 6.45. The fourth-order valence-electron chi connectivity index (χ4n) is 1.95. The Balaban J connectivity index is 2.40. The lowest BCUT2D eigenvalue weighted by Crippen LogP contribution is -2.17. The summed E-state index contributed by atoms with van der Waals surface area (Å²) in [5.41, 5.74) is 1.91. The molecule has 0 amide bonds. The predicted octanol–water partition coefficient (Wildman–Crippen LogP) is 2.28. The van der Waals surface area contributed by atoms with Crippen molar-refractivity contribution in [1.82, 2.24) is 15.5 Å². The van der Waals surface area contributed by atoms with Gasteiger partial charge in [0.1, 0.15) is 0 Å². The number of halogens is 1. The van der Waals surface area contributed by atoms with Crippen molar-refractivity contribution in [3.05, 3.63) is 40.7 Å². The van der Waals surface area contributed by atoms with Crippen LogP contribution in [0.5, 0.6) is 0 Å².